The molecule has 1 amide bonds. The quantitative estimate of drug-likeness (QED) is 0.722. The number of hydrogen-bond acceptors (Lipinski definition) is 5. The van der Waals surface area contributed by atoms with Crippen molar-refractivity contribution in [1.82, 2.24) is 10.2 Å². The molecule has 0 spiro atoms. The summed E-state index contributed by atoms with van der Waals surface area (Å²) < 4.78 is 5.80. The number of amides is 1. The van der Waals surface area contributed by atoms with E-state index in [1.165, 1.54) is 19.4 Å². The van der Waals surface area contributed by atoms with Crippen molar-refractivity contribution in [2.24, 2.45) is 5.73 Å². The van der Waals surface area contributed by atoms with Crippen molar-refractivity contribution in [2.75, 3.05) is 38.2 Å². The van der Waals surface area contributed by atoms with Crippen LogP contribution in [0, 0.1) is 0 Å². The average Bonchev–Trinajstić information content (AvgIpc) is 2.89. The molecule has 19 heavy (non-hydrogen) atoms. The van der Waals surface area contributed by atoms with E-state index in [1.807, 2.05) is 6.26 Å². The number of carbonyl (C=O) groups excluding carboxylic acids is 1. The number of nitrogens with zero attached hydrogens (tertiary/aromatic N) is 1. The van der Waals surface area contributed by atoms with Crippen molar-refractivity contribution >= 4 is 17.7 Å². The molecule has 0 aromatic carbocycles. The van der Waals surface area contributed by atoms with E-state index >= 15 is 0 Å². The molecule has 2 unspecified atom stereocenters. The van der Waals surface area contributed by atoms with Gasteiger partial charge in [-0.05, 0) is 37.8 Å². The van der Waals surface area contributed by atoms with Crippen LogP contribution in [0.4, 0.5) is 0 Å². The second kappa shape index (κ2) is 7.47. The van der Waals surface area contributed by atoms with Crippen LogP contribution in [0.1, 0.15) is 19.3 Å². The molecule has 2 heterocycles. The van der Waals surface area contributed by atoms with Gasteiger partial charge in [0.25, 0.3) is 0 Å². The van der Waals surface area contributed by atoms with Crippen molar-refractivity contribution in [3.8, 4) is 0 Å². The van der Waals surface area contributed by atoms with Crippen molar-refractivity contribution in [2.45, 2.75) is 37.5 Å². The first-order valence-corrected chi connectivity index (χ1v) is 8.48. The van der Waals surface area contributed by atoms with Gasteiger partial charge in [-0.2, -0.15) is 11.8 Å². The lowest BCUT2D eigenvalue weighted by Crippen LogP contribution is -2.51. The van der Waals surface area contributed by atoms with Crippen molar-refractivity contribution in [3.05, 3.63) is 0 Å². The van der Waals surface area contributed by atoms with Crippen LogP contribution >= 0.6 is 11.8 Å². The molecule has 0 aliphatic carbocycles. The van der Waals surface area contributed by atoms with Gasteiger partial charge in [0.1, 0.15) is 0 Å². The Bertz CT molecular complexity index is 304. The fraction of sp³-hybridized carbons (Fsp3) is 0.923. The number of carbonyl (C=O) groups is 1. The third kappa shape index (κ3) is 4.34. The molecule has 2 aliphatic heterocycles. The number of thioether (sulfide) groups is 1. The molecule has 3 N–H and O–H groups in total. The normalized spacial score (nSPS) is 28.9. The zero-order chi connectivity index (χ0) is 13.7. The van der Waals surface area contributed by atoms with Gasteiger partial charge in [-0.3, -0.25) is 9.69 Å². The molecular formula is C13H25N3O2S. The molecule has 0 bridgehead atoms. The maximum atomic E-state index is 11.8. The second-order valence-electron chi connectivity index (χ2n) is 5.38. The van der Waals surface area contributed by atoms with Gasteiger partial charge in [0.15, 0.2) is 0 Å². The molecular weight excluding hydrogens is 262 g/mol. The summed E-state index contributed by atoms with van der Waals surface area (Å²) in [5.74, 6) is 0.866. The van der Waals surface area contributed by atoms with Crippen molar-refractivity contribution in [1.29, 1.82) is 0 Å². The van der Waals surface area contributed by atoms with Gasteiger partial charge in [-0.25, -0.2) is 0 Å². The molecule has 0 radical (unpaired) electrons. The zero-order valence-electron chi connectivity index (χ0n) is 11.6. The molecule has 6 heteroatoms. The van der Waals surface area contributed by atoms with Crippen molar-refractivity contribution in [3.63, 3.8) is 0 Å². The van der Waals surface area contributed by atoms with Gasteiger partial charge in [-0.1, -0.05) is 0 Å². The highest BCUT2D eigenvalue weighted by atomic mass is 32.2. The Balaban J connectivity index is 1.66. The monoisotopic (exact) mass is 287 g/mol. The van der Waals surface area contributed by atoms with Gasteiger partial charge < -0.3 is 15.8 Å². The van der Waals surface area contributed by atoms with Gasteiger partial charge in [-0.15, -0.1) is 0 Å². The lowest BCUT2D eigenvalue weighted by atomic mass is 10.2. The summed E-state index contributed by atoms with van der Waals surface area (Å²) in [6.45, 7) is 3.49. The number of morpholine rings is 1. The summed E-state index contributed by atoms with van der Waals surface area (Å²) in [5.41, 5.74) is 5.83. The largest absolute Gasteiger partial charge is 0.373 e. The van der Waals surface area contributed by atoms with Crippen LogP contribution < -0.4 is 11.1 Å². The lowest BCUT2D eigenvalue weighted by Gasteiger charge is -2.35. The fourth-order valence-electron chi connectivity index (χ4n) is 2.73. The van der Waals surface area contributed by atoms with Crippen LogP contribution in [-0.2, 0) is 9.53 Å². The number of ether oxygens (including phenoxy) is 1. The van der Waals surface area contributed by atoms with Gasteiger partial charge in [0.05, 0.1) is 18.8 Å². The Morgan fingerprint density at radius 2 is 2.47 bits per heavy atom. The highest BCUT2D eigenvalue weighted by Crippen LogP contribution is 2.22. The summed E-state index contributed by atoms with van der Waals surface area (Å²) in [6.07, 6.45) is 5.39. The Labute approximate surface area is 119 Å². The van der Waals surface area contributed by atoms with E-state index in [2.05, 4.69) is 10.2 Å². The minimum atomic E-state index is -0.393. The average molecular weight is 287 g/mol. The second-order valence-corrected chi connectivity index (χ2v) is 6.37. The van der Waals surface area contributed by atoms with Crippen LogP contribution in [0.25, 0.3) is 0 Å². The van der Waals surface area contributed by atoms with Crippen LogP contribution in [0.15, 0.2) is 0 Å². The van der Waals surface area contributed by atoms with E-state index in [1.54, 1.807) is 11.8 Å². The number of hydrogen-bond donors (Lipinski definition) is 2. The topological polar surface area (TPSA) is 67.6 Å². The van der Waals surface area contributed by atoms with Crippen LogP contribution in [0.5, 0.6) is 0 Å². The smallest absolute Gasteiger partial charge is 0.237 e. The molecule has 110 valence electrons. The standard InChI is InChI=1S/C13H25N3O2S/c1-19-6-4-12(14)13(17)15-7-11-8-16-5-2-3-10(16)9-18-11/h10-12H,2-9,14H2,1H3,(H,15,17)/t10?,11?,12-/m1/s1. The summed E-state index contributed by atoms with van der Waals surface area (Å²) in [5, 5.41) is 2.92. The summed E-state index contributed by atoms with van der Waals surface area (Å²) >= 11 is 1.71. The maximum Gasteiger partial charge on any atom is 0.237 e. The SMILES string of the molecule is CSCC[C@@H](N)C(=O)NCC1CN2CCCC2CO1. The Morgan fingerprint density at radius 3 is 3.26 bits per heavy atom. The van der Waals surface area contributed by atoms with Crippen LogP contribution in [-0.4, -0.2) is 67.2 Å². The highest BCUT2D eigenvalue weighted by Gasteiger charge is 2.32. The first-order valence-electron chi connectivity index (χ1n) is 7.08. The van der Waals surface area contributed by atoms with Crippen LogP contribution in [0.2, 0.25) is 0 Å². The molecule has 2 rings (SSSR count). The van der Waals surface area contributed by atoms with E-state index < -0.39 is 6.04 Å². The highest BCUT2D eigenvalue weighted by molar-refractivity contribution is 7.98. The summed E-state index contributed by atoms with van der Waals surface area (Å²) in [6, 6.07) is 0.214. The van der Waals surface area contributed by atoms with E-state index in [-0.39, 0.29) is 12.0 Å². The van der Waals surface area contributed by atoms with Crippen molar-refractivity contribution < 1.29 is 9.53 Å². The molecule has 2 saturated heterocycles. The minimum Gasteiger partial charge on any atom is -0.373 e. The molecule has 0 aromatic heterocycles. The van der Waals surface area contributed by atoms with E-state index in [9.17, 15) is 4.79 Å². The molecule has 2 aliphatic rings. The molecule has 0 aromatic rings. The molecule has 3 atom stereocenters. The Hall–Kier alpha value is -0.300. The van der Waals surface area contributed by atoms with Crippen LogP contribution in [0.3, 0.4) is 0 Å². The third-order valence-corrected chi connectivity index (χ3v) is 4.58. The number of nitrogens with one attached hydrogen (secondary N) is 1. The maximum absolute atomic E-state index is 11.8. The predicted octanol–water partition coefficient (Wildman–Crippen LogP) is 0.0462. The summed E-state index contributed by atoms with van der Waals surface area (Å²) in [4.78, 5) is 14.3. The minimum absolute atomic E-state index is 0.0544. The number of rotatable bonds is 6. The van der Waals surface area contributed by atoms with Gasteiger partial charge >= 0.3 is 0 Å². The Kier molecular flexibility index (Phi) is 5.94. The number of nitrogens with two attached hydrogens (primary N) is 1. The molecule has 2 fully saturated rings. The zero-order valence-corrected chi connectivity index (χ0v) is 12.5. The van der Waals surface area contributed by atoms with Gasteiger partial charge in [0.2, 0.25) is 5.91 Å². The summed E-state index contributed by atoms with van der Waals surface area (Å²) in [7, 11) is 0. The van der Waals surface area contributed by atoms with E-state index in [0.717, 1.165) is 25.3 Å². The number of fused-ring (bicyclic) bond motifs is 1. The molecule has 5 nitrogen and oxygen atoms in total. The first-order chi connectivity index (χ1) is 9.20. The van der Waals surface area contributed by atoms with E-state index in [4.69, 9.17) is 10.5 Å². The first kappa shape index (κ1) is 15.1. The van der Waals surface area contributed by atoms with Gasteiger partial charge in [0, 0.05) is 19.1 Å². The third-order valence-electron chi connectivity index (χ3n) is 3.94. The lowest BCUT2D eigenvalue weighted by molar-refractivity contribution is -0.123. The predicted molar refractivity (Wildman–Crippen MR) is 78.3 cm³/mol. The fourth-order valence-corrected chi connectivity index (χ4v) is 3.22. The van der Waals surface area contributed by atoms with E-state index in [0.29, 0.717) is 12.6 Å². The molecule has 0 saturated carbocycles. The Morgan fingerprint density at radius 1 is 1.63 bits per heavy atom.